The minimum Gasteiger partial charge on any atom is -0.485 e. The average Bonchev–Trinajstić information content (AvgIpc) is 2.46. The highest BCUT2D eigenvalue weighted by atomic mass is 35.5. The first-order valence-corrected chi connectivity index (χ1v) is 6.71. The Morgan fingerprint density at radius 2 is 1.95 bits per heavy atom. The van der Waals surface area contributed by atoms with Gasteiger partial charge in [-0.2, -0.15) is 5.26 Å². The minimum absolute atomic E-state index is 0.291. The normalized spacial score (nSPS) is 16.6. The third-order valence-corrected chi connectivity index (χ3v) is 3.60. The SMILES string of the molecule is N#Cc1ccc2c(c1)OCC(c1ccc(Cl)cc1Cl)O2. The zero-order chi connectivity index (χ0) is 14.1. The average molecular weight is 306 g/mol. The molecule has 0 radical (unpaired) electrons. The molecule has 2 aromatic carbocycles. The Kier molecular flexibility index (Phi) is 3.43. The summed E-state index contributed by atoms with van der Waals surface area (Å²) in [6.07, 6.45) is -0.291. The highest BCUT2D eigenvalue weighted by molar-refractivity contribution is 6.35. The molecule has 3 rings (SSSR count). The second-order valence-corrected chi connectivity index (χ2v) is 5.20. The molecule has 100 valence electrons. The van der Waals surface area contributed by atoms with Crippen molar-refractivity contribution >= 4 is 23.2 Å². The molecule has 5 heteroatoms. The second kappa shape index (κ2) is 5.24. The summed E-state index contributed by atoms with van der Waals surface area (Å²) in [7, 11) is 0. The fraction of sp³-hybridized carbons (Fsp3) is 0.133. The van der Waals surface area contributed by atoms with Crippen molar-refractivity contribution in [3.63, 3.8) is 0 Å². The Morgan fingerprint density at radius 1 is 1.10 bits per heavy atom. The number of fused-ring (bicyclic) bond motifs is 1. The van der Waals surface area contributed by atoms with E-state index in [9.17, 15) is 0 Å². The van der Waals surface area contributed by atoms with Gasteiger partial charge >= 0.3 is 0 Å². The predicted octanol–water partition coefficient (Wildman–Crippen LogP) is 4.38. The van der Waals surface area contributed by atoms with Gasteiger partial charge in [0.15, 0.2) is 17.6 Å². The van der Waals surface area contributed by atoms with Gasteiger partial charge in [-0.3, -0.25) is 0 Å². The van der Waals surface area contributed by atoms with E-state index in [4.69, 9.17) is 37.9 Å². The maximum atomic E-state index is 8.86. The maximum absolute atomic E-state index is 8.86. The van der Waals surface area contributed by atoms with E-state index in [2.05, 4.69) is 6.07 Å². The zero-order valence-corrected chi connectivity index (χ0v) is 11.8. The number of hydrogen-bond acceptors (Lipinski definition) is 3. The van der Waals surface area contributed by atoms with Crippen LogP contribution in [0.1, 0.15) is 17.2 Å². The first-order chi connectivity index (χ1) is 9.67. The van der Waals surface area contributed by atoms with Crippen molar-refractivity contribution in [2.24, 2.45) is 0 Å². The molecule has 0 aliphatic carbocycles. The molecule has 20 heavy (non-hydrogen) atoms. The summed E-state index contributed by atoms with van der Waals surface area (Å²) in [5.74, 6) is 1.18. The molecule has 1 aliphatic rings. The molecule has 0 spiro atoms. The van der Waals surface area contributed by atoms with E-state index in [1.165, 1.54) is 0 Å². The van der Waals surface area contributed by atoms with Crippen LogP contribution >= 0.6 is 23.2 Å². The number of nitrogens with zero attached hydrogens (tertiary/aromatic N) is 1. The molecule has 1 heterocycles. The third-order valence-electron chi connectivity index (χ3n) is 3.04. The molecular weight excluding hydrogens is 297 g/mol. The molecule has 0 saturated heterocycles. The number of halogens is 2. The van der Waals surface area contributed by atoms with Gasteiger partial charge in [0.05, 0.1) is 11.6 Å². The number of rotatable bonds is 1. The number of ether oxygens (including phenoxy) is 2. The lowest BCUT2D eigenvalue weighted by molar-refractivity contribution is 0.0913. The van der Waals surface area contributed by atoms with Gasteiger partial charge in [-0.15, -0.1) is 0 Å². The quantitative estimate of drug-likeness (QED) is 0.785. The van der Waals surface area contributed by atoms with Gasteiger partial charge in [0.1, 0.15) is 6.61 Å². The summed E-state index contributed by atoms with van der Waals surface area (Å²) in [4.78, 5) is 0. The summed E-state index contributed by atoms with van der Waals surface area (Å²) in [5.41, 5.74) is 1.36. The van der Waals surface area contributed by atoms with E-state index < -0.39 is 0 Å². The summed E-state index contributed by atoms with van der Waals surface area (Å²) in [5, 5.41) is 9.98. The summed E-state index contributed by atoms with van der Waals surface area (Å²) in [6, 6.07) is 12.4. The summed E-state index contributed by atoms with van der Waals surface area (Å²) in [6.45, 7) is 0.337. The van der Waals surface area contributed by atoms with Crippen molar-refractivity contribution in [2.75, 3.05) is 6.61 Å². The lowest BCUT2D eigenvalue weighted by atomic mass is 10.1. The molecular formula is C15H9Cl2NO2. The van der Waals surface area contributed by atoms with Crippen molar-refractivity contribution < 1.29 is 9.47 Å². The molecule has 0 bridgehead atoms. The van der Waals surface area contributed by atoms with Crippen molar-refractivity contribution in [3.05, 3.63) is 57.6 Å². The molecule has 0 amide bonds. The van der Waals surface area contributed by atoms with Crippen LogP contribution in [0.25, 0.3) is 0 Å². The molecule has 0 aromatic heterocycles. The van der Waals surface area contributed by atoms with Crippen LogP contribution in [-0.2, 0) is 0 Å². The van der Waals surface area contributed by atoms with Gasteiger partial charge in [0, 0.05) is 21.7 Å². The van der Waals surface area contributed by atoms with Crippen molar-refractivity contribution in [1.82, 2.24) is 0 Å². The van der Waals surface area contributed by atoms with Crippen LogP contribution in [0, 0.1) is 11.3 Å². The number of nitriles is 1. The van der Waals surface area contributed by atoms with Crippen LogP contribution in [0.4, 0.5) is 0 Å². The smallest absolute Gasteiger partial charge is 0.162 e. The van der Waals surface area contributed by atoms with Crippen molar-refractivity contribution in [2.45, 2.75) is 6.10 Å². The van der Waals surface area contributed by atoms with Gasteiger partial charge in [-0.25, -0.2) is 0 Å². The van der Waals surface area contributed by atoms with Crippen LogP contribution in [-0.4, -0.2) is 6.61 Å². The molecule has 0 N–H and O–H groups in total. The third kappa shape index (κ3) is 2.40. The van der Waals surface area contributed by atoms with Crippen LogP contribution < -0.4 is 9.47 Å². The Labute approximate surface area is 126 Å². The van der Waals surface area contributed by atoms with Gasteiger partial charge in [-0.1, -0.05) is 29.3 Å². The molecule has 1 atom stereocenters. The lowest BCUT2D eigenvalue weighted by Gasteiger charge is -2.27. The number of hydrogen-bond donors (Lipinski definition) is 0. The van der Waals surface area contributed by atoms with E-state index in [1.54, 1.807) is 30.3 Å². The Hall–Kier alpha value is -1.89. The monoisotopic (exact) mass is 305 g/mol. The van der Waals surface area contributed by atoms with Crippen molar-refractivity contribution in [3.8, 4) is 17.6 Å². The van der Waals surface area contributed by atoms with E-state index in [0.29, 0.717) is 33.7 Å². The molecule has 2 aromatic rings. The first-order valence-electron chi connectivity index (χ1n) is 5.96. The number of benzene rings is 2. The lowest BCUT2D eigenvalue weighted by Crippen LogP contribution is -2.21. The Balaban J connectivity index is 1.90. The van der Waals surface area contributed by atoms with Gasteiger partial charge in [0.25, 0.3) is 0 Å². The molecule has 0 fully saturated rings. The van der Waals surface area contributed by atoms with Crippen LogP contribution in [0.5, 0.6) is 11.5 Å². The zero-order valence-electron chi connectivity index (χ0n) is 10.3. The van der Waals surface area contributed by atoms with E-state index in [-0.39, 0.29) is 6.10 Å². The van der Waals surface area contributed by atoms with E-state index in [0.717, 1.165) is 5.56 Å². The molecule has 3 nitrogen and oxygen atoms in total. The fourth-order valence-corrected chi connectivity index (χ4v) is 2.59. The van der Waals surface area contributed by atoms with Crippen LogP contribution in [0.2, 0.25) is 10.0 Å². The van der Waals surface area contributed by atoms with E-state index in [1.807, 2.05) is 6.07 Å². The Bertz CT molecular complexity index is 710. The minimum atomic E-state index is -0.291. The highest BCUT2D eigenvalue weighted by Crippen LogP contribution is 2.38. The van der Waals surface area contributed by atoms with Gasteiger partial charge in [0.2, 0.25) is 0 Å². The van der Waals surface area contributed by atoms with Crippen molar-refractivity contribution in [1.29, 1.82) is 5.26 Å². The van der Waals surface area contributed by atoms with Crippen LogP contribution in [0.3, 0.4) is 0 Å². The van der Waals surface area contributed by atoms with Gasteiger partial charge in [-0.05, 0) is 24.3 Å². The Morgan fingerprint density at radius 3 is 2.70 bits per heavy atom. The largest absolute Gasteiger partial charge is 0.485 e. The second-order valence-electron chi connectivity index (χ2n) is 4.36. The summed E-state index contributed by atoms with van der Waals surface area (Å²) < 4.78 is 11.5. The summed E-state index contributed by atoms with van der Waals surface area (Å²) >= 11 is 12.1. The fourth-order valence-electron chi connectivity index (χ4n) is 2.06. The van der Waals surface area contributed by atoms with Crippen LogP contribution in [0.15, 0.2) is 36.4 Å². The standard InChI is InChI=1S/C15H9Cl2NO2/c16-10-2-3-11(12(17)6-10)15-8-19-14-5-9(7-18)1-4-13(14)20-15/h1-6,15H,8H2. The van der Waals surface area contributed by atoms with E-state index >= 15 is 0 Å². The van der Waals surface area contributed by atoms with Gasteiger partial charge < -0.3 is 9.47 Å². The predicted molar refractivity (Wildman–Crippen MR) is 76.5 cm³/mol. The topological polar surface area (TPSA) is 42.2 Å². The highest BCUT2D eigenvalue weighted by Gasteiger charge is 2.24. The molecule has 0 saturated carbocycles. The maximum Gasteiger partial charge on any atom is 0.162 e. The molecule has 1 aliphatic heterocycles. The molecule has 1 unspecified atom stereocenters. The first kappa shape index (κ1) is 13.1.